The summed E-state index contributed by atoms with van der Waals surface area (Å²) in [6.07, 6.45) is 4.84. The fourth-order valence-corrected chi connectivity index (χ4v) is 6.27. The second-order valence-corrected chi connectivity index (χ2v) is 11.9. The summed E-state index contributed by atoms with van der Waals surface area (Å²) in [6, 6.07) is 9.28. The summed E-state index contributed by atoms with van der Waals surface area (Å²) < 4.78 is 1.56. The van der Waals surface area contributed by atoms with Crippen molar-refractivity contribution in [1.29, 1.82) is 0 Å². The molecule has 6 rings (SSSR count). The van der Waals surface area contributed by atoms with Gasteiger partial charge in [0.1, 0.15) is 5.82 Å². The van der Waals surface area contributed by atoms with Crippen molar-refractivity contribution in [3.8, 4) is 16.9 Å². The molecule has 1 amide bonds. The monoisotopic (exact) mass is 596 g/mol. The number of amides is 1. The standard InChI is InChI=1S/C32H33ClN8O2/c1-7-25(42)39-15-20(6)40(16-19(39)5)30-23-13-24(33)28(22-10-8-9-21-14-35-38-27(21)22)36-31(23)41(32(43)37-30)29-18(4)11-12-34-26(29)17(2)3/h7-14,17,19-20H,1,15-16H2,2-6H3,(H,35,38). The average Bonchev–Trinajstić information content (AvgIpc) is 3.47. The van der Waals surface area contributed by atoms with E-state index in [0.717, 1.165) is 27.7 Å². The molecule has 11 heteroatoms. The van der Waals surface area contributed by atoms with Crippen LogP contribution in [-0.2, 0) is 4.79 Å². The highest BCUT2D eigenvalue weighted by Crippen LogP contribution is 2.37. The summed E-state index contributed by atoms with van der Waals surface area (Å²) in [4.78, 5) is 45.0. The number of pyridine rings is 2. The molecular weight excluding hydrogens is 564 g/mol. The van der Waals surface area contributed by atoms with E-state index in [-0.39, 0.29) is 23.9 Å². The first-order chi connectivity index (χ1) is 20.6. The molecule has 4 aromatic heterocycles. The minimum atomic E-state index is -0.467. The number of hydrogen-bond acceptors (Lipinski definition) is 7. The molecule has 1 aromatic carbocycles. The van der Waals surface area contributed by atoms with Crippen LogP contribution in [0.25, 0.3) is 38.9 Å². The van der Waals surface area contributed by atoms with Gasteiger partial charge in [0.05, 0.1) is 39.2 Å². The van der Waals surface area contributed by atoms with Crippen LogP contribution in [-0.4, -0.2) is 65.7 Å². The maximum atomic E-state index is 14.2. The Balaban J connectivity index is 1.66. The lowest BCUT2D eigenvalue weighted by atomic mass is 10.0. The highest BCUT2D eigenvalue weighted by Gasteiger charge is 2.34. The van der Waals surface area contributed by atoms with Gasteiger partial charge in [-0.25, -0.2) is 14.3 Å². The number of piperazine rings is 1. The van der Waals surface area contributed by atoms with Gasteiger partial charge in [0.25, 0.3) is 0 Å². The van der Waals surface area contributed by atoms with Gasteiger partial charge in [0.2, 0.25) is 5.91 Å². The third-order valence-corrected chi connectivity index (χ3v) is 8.46. The molecular formula is C32H33ClN8O2. The van der Waals surface area contributed by atoms with Crippen LogP contribution in [0.2, 0.25) is 5.02 Å². The number of aryl methyl sites for hydroxylation is 1. The molecule has 0 radical (unpaired) electrons. The predicted molar refractivity (Wildman–Crippen MR) is 170 cm³/mol. The summed E-state index contributed by atoms with van der Waals surface area (Å²) >= 11 is 7.01. The van der Waals surface area contributed by atoms with Crippen LogP contribution >= 0.6 is 11.6 Å². The molecule has 5 heterocycles. The Morgan fingerprint density at radius 2 is 1.95 bits per heavy atom. The van der Waals surface area contributed by atoms with Gasteiger partial charge in [-0.1, -0.05) is 50.2 Å². The first-order valence-electron chi connectivity index (χ1n) is 14.3. The second kappa shape index (κ2) is 10.9. The number of rotatable bonds is 5. The van der Waals surface area contributed by atoms with E-state index in [0.29, 0.717) is 46.3 Å². The lowest BCUT2D eigenvalue weighted by Gasteiger charge is -2.44. The molecule has 0 spiro atoms. The molecule has 2 atom stereocenters. The number of H-pyrrole nitrogens is 1. The molecule has 10 nitrogen and oxygen atoms in total. The number of benzene rings is 1. The zero-order valence-corrected chi connectivity index (χ0v) is 25.6. The lowest BCUT2D eigenvalue weighted by molar-refractivity contribution is -0.128. The Bertz CT molecular complexity index is 1960. The van der Waals surface area contributed by atoms with Crippen molar-refractivity contribution in [1.82, 2.24) is 34.6 Å². The minimum absolute atomic E-state index is 0.0402. The summed E-state index contributed by atoms with van der Waals surface area (Å²) in [6.45, 7) is 14.6. The SMILES string of the molecule is C=CC(=O)N1CC(C)N(c2nc(=O)n(-c3c(C)ccnc3C(C)C)c3nc(-c4cccc5cn[nH]c45)c(Cl)cc23)CC1C. The van der Waals surface area contributed by atoms with Crippen LogP contribution in [0, 0.1) is 6.92 Å². The van der Waals surface area contributed by atoms with Crippen LogP contribution in [0.3, 0.4) is 0 Å². The molecule has 43 heavy (non-hydrogen) atoms. The van der Waals surface area contributed by atoms with E-state index in [4.69, 9.17) is 16.6 Å². The number of aromatic nitrogens is 6. The van der Waals surface area contributed by atoms with Crippen LogP contribution in [0.5, 0.6) is 0 Å². The van der Waals surface area contributed by atoms with Gasteiger partial charge in [-0.05, 0) is 50.5 Å². The Kier molecular flexibility index (Phi) is 7.25. The van der Waals surface area contributed by atoms with Gasteiger partial charge in [-0.2, -0.15) is 10.1 Å². The van der Waals surface area contributed by atoms with Gasteiger partial charge in [0.15, 0.2) is 5.65 Å². The van der Waals surface area contributed by atoms with Gasteiger partial charge in [-0.3, -0.25) is 14.9 Å². The van der Waals surface area contributed by atoms with E-state index in [1.807, 2.05) is 65.0 Å². The molecule has 0 aliphatic carbocycles. The summed E-state index contributed by atoms with van der Waals surface area (Å²) in [5, 5.41) is 9.23. The molecule has 5 aromatic rings. The van der Waals surface area contributed by atoms with Crippen LogP contribution < -0.4 is 10.6 Å². The number of nitrogens with zero attached hydrogens (tertiary/aromatic N) is 7. The minimum Gasteiger partial charge on any atom is -0.349 e. The quantitative estimate of drug-likeness (QED) is 0.270. The molecule has 0 bridgehead atoms. The van der Waals surface area contributed by atoms with Gasteiger partial charge in [0, 0.05) is 42.3 Å². The number of halogens is 1. The van der Waals surface area contributed by atoms with Crippen molar-refractivity contribution in [3.05, 3.63) is 82.1 Å². The third-order valence-electron chi connectivity index (χ3n) is 8.17. The molecule has 220 valence electrons. The zero-order chi connectivity index (χ0) is 30.6. The smallest absolute Gasteiger partial charge is 0.349 e. The Morgan fingerprint density at radius 1 is 1.16 bits per heavy atom. The molecule has 0 saturated carbocycles. The molecule has 2 unspecified atom stereocenters. The van der Waals surface area contributed by atoms with Crippen molar-refractivity contribution in [3.63, 3.8) is 0 Å². The molecule has 1 aliphatic rings. The van der Waals surface area contributed by atoms with E-state index in [1.165, 1.54) is 6.08 Å². The predicted octanol–water partition coefficient (Wildman–Crippen LogP) is 5.42. The van der Waals surface area contributed by atoms with Crippen LogP contribution in [0.1, 0.15) is 44.9 Å². The highest BCUT2D eigenvalue weighted by atomic mass is 35.5. The van der Waals surface area contributed by atoms with Crippen molar-refractivity contribution in [2.75, 3.05) is 18.0 Å². The number of hydrogen-bond donors (Lipinski definition) is 1. The molecule has 1 saturated heterocycles. The van der Waals surface area contributed by atoms with Gasteiger partial charge in [-0.15, -0.1) is 0 Å². The van der Waals surface area contributed by atoms with E-state index < -0.39 is 5.69 Å². The van der Waals surface area contributed by atoms with Gasteiger partial charge >= 0.3 is 5.69 Å². The number of para-hydroxylation sites is 1. The van der Waals surface area contributed by atoms with Crippen LogP contribution in [0.4, 0.5) is 5.82 Å². The number of anilines is 1. The van der Waals surface area contributed by atoms with Crippen molar-refractivity contribution in [2.24, 2.45) is 0 Å². The number of carbonyl (C=O) groups excluding carboxylic acids is 1. The van der Waals surface area contributed by atoms with E-state index >= 15 is 0 Å². The summed E-state index contributed by atoms with van der Waals surface area (Å²) in [5.41, 5.74) is 4.35. The average molecular weight is 597 g/mol. The maximum Gasteiger partial charge on any atom is 0.355 e. The van der Waals surface area contributed by atoms with Gasteiger partial charge < -0.3 is 9.80 Å². The first-order valence-corrected chi connectivity index (χ1v) is 14.7. The molecule has 1 N–H and O–H groups in total. The third kappa shape index (κ3) is 4.75. The summed E-state index contributed by atoms with van der Waals surface area (Å²) in [7, 11) is 0. The van der Waals surface area contributed by atoms with Crippen molar-refractivity contribution in [2.45, 2.75) is 52.6 Å². The first kappa shape index (κ1) is 28.5. The number of aromatic amines is 1. The Hall–Kier alpha value is -4.57. The van der Waals surface area contributed by atoms with E-state index in [9.17, 15) is 9.59 Å². The number of carbonyl (C=O) groups is 1. The zero-order valence-electron chi connectivity index (χ0n) is 24.8. The number of nitrogens with one attached hydrogen (secondary N) is 1. The van der Waals surface area contributed by atoms with Crippen molar-refractivity contribution < 1.29 is 4.79 Å². The van der Waals surface area contributed by atoms with Crippen LogP contribution in [0.15, 0.2) is 60.2 Å². The lowest BCUT2D eigenvalue weighted by Crippen LogP contribution is -2.58. The van der Waals surface area contributed by atoms with Crippen molar-refractivity contribution >= 4 is 45.3 Å². The normalized spacial score (nSPS) is 17.3. The fraction of sp³-hybridized carbons (Fsp3) is 0.312. The largest absolute Gasteiger partial charge is 0.355 e. The van der Waals surface area contributed by atoms with E-state index in [1.54, 1.807) is 21.9 Å². The summed E-state index contributed by atoms with van der Waals surface area (Å²) in [5.74, 6) is 0.399. The Labute approximate surface area is 254 Å². The maximum absolute atomic E-state index is 14.2. The highest BCUT2D eigenvalue weighted by molar-refractivity contribution is 6.34. The van der Waals surface area contributed by atoms with E-state index in [2.05, 4.69) is 31.6 Å². The fourth-order valence-electron chi connectivity index (χ4n) is 6.01. The molecule has 1 aliphatic heterocycles. The topological polar surface area (TPSA) is 113 Å². The molecule has 1 fully saturated rings. The number of fused-ring (bicyclic) bond motifs is 2. The second-order valence-electron chi connectivity index (χ2n) is 11.4. The Morgan fingerprint density at radius 3 is 2.70 bits per heavy atom.